The van der Waals surface area contributed by atoms with Crippen LogP contribution in [-0.4, -0.2) is 25.0 Å². The van der Waals surface area contributed by atoms with Crippen molar-refractivity contribution in [3.63, 3.8) is 0 Å². The van der Waals surface area contributed by atoms with Crippen molar-refractivity contribution in [2.24, 2.45) is 0 Å². The standard InChI is InChI=1S/C20H22N2O3/c1-2-20(24)22-12-6-7-15-13-16(10-11-18(15)22)21-19(23)14-25-17-8-4-3-5-9-17/h3-5,8-11,13H,2,6-7,12,14H2,1H3,(H,21,23). The number of carbonyl (C=O) groups excluding carboxylic acids is 2. The van der Waals surface area contributed by atoms with Gasteiger partial charge in [-0.3, -0.25) is 9.59 Å². The Morgan fingerprint density at radius 3 is 2.72 bits per heavy atom. The first-order valence-corrected chi connectivity index (χ1v) is 8.58. The molecular weight excluding hydrogens is 316 g/mol. The predicted octanol–water partition coefficient (Wildman–Crippen LogP) is 3.39. The average molecular weight is 338 g/mol. The number of anilines is 2. The highest BCUT2D eigenvalue weighted by atomic mass is 16.5. The van der Waals surface area contributed by atoms with Crippen LogP contribution in [0.1, 0.15) is 25.3 Å². The molecule has 1 aliphatic rings. The van der Waals surface area contributed by atoms with Gasteiger partial charge in [0.05, 0.1) is 0 Å². The van der Waals surface area contributed by atoms with Gasteiger partial charge < -0.3 is 15.0 Å². The van der Waals surface area contributed by atoms with Gasteiger partial charge in [0.25, 0.3) is 5.91 Å². The van der Waals surface area contributed by atoms with Crippen LogP contribution in [-0.2, 0) is 16.0 Å². The Labute approximate surface area is 147 Å². The number of ether oxygens (including phenoxy) is 1. The van der Waals surface area contributed by atoms with E-state index in [1.54, 1.807) is 0 Å². The van der Waals surface area contributed by atoms with E-state index in [0.29, 0.717) is 12.2 Å². The molecule has 2 aromatic rings. The minimum absolute atomic E-state index is 0.0401. The number of para-hydroxylation sites is 1. The smallest absolute Gasteiger partial charge is 0.262 e. The largest absolute Gasteiger partial charge is 0.484 e. The number of rotatable bonds is 5. The summed E-state index contributed by atoms with van der Waals surface area (Å²) in [6.45, 7) is 2.59. The average Bonchev–Trinajstić information content (AvgIpc) is 2.66. The van der Waals surface area contributed by atoms with Crippen molar-refractivity contribution in [3.8, 4) is 5.75 Å². The number of fused-ring (bicyclic) bond motifs is 1. The summed E-state index contributed by atoms with van der Waals surface area (Å²) in [7, 11) is 0. The third kappa shape index (κ3) is 4.18. The molecule has 5 heteroatoms. The second-order valence-electron chi connectivity index (χ2n) is 6.00. The van der Waals surface area contributed by atoms with E-state index in [1.165, 1.54) is 0 Å². The van der Waals surface area contributed by atoms with E-state index in [-0.39, 0.29) is 18.4 Å². The fourth-order valence-corrected chi connectivity index (χ4v) is 2.99. The molecule has 0 aliphatic carbocycles. The van der Waals surface area contributed by atoms with Crippen LogP contribution in [0.5, 0.6) is 5.75 Å². The normalized spacial score (nSPS) is 13.1. The lowest BCUT2D eigenvalue weighted by molar-refractivity contribution is -0.119. The Balaban J connectivity index is 1.64. The van der Waals surface area contributed by atoms with Gasteiger partial charge in [0.2, 0.25) is 5.91 Å². The zero-order chi connectivity index (χ0) is 17.6. The Hall–Kier alpha value is -2.82. The van der Waals surface area contributed by atoms with Gasteiger partial charge >= 0.3 is 0 Å². The minimum atomic E-state index is -0.207. The molecule has 2 amide bonds. The molecule has 0 fully saturated rings. The van der Waals surface area contributed by atoms with Gasteiger partial charge in [0.1, 0.15) is 5.75 Å². The quantitative estimate of drug-likeness (QED) is 0.909. The topological polar surface area (TPSA) is 58.6 Å². The van der Waals surface area contributed by atoms with Gasteiger partial charge in [-0.2, -0.15) is 0 Å². The summed E-state index contributed by atoms with van der Waals surface area (Å²) >= 11 is 0. The van der Waals surface area contributed by atoms with Crippen molar-refractivity contribution < 1.29 is 14.3 Å². The van der Waals surface area contributed by atoms with Crippen molar-refractivity contribution in [2.75, 3.05) is 23.4 Å². The zero-order valence-corrected chi connectivity index (χ0v) is 14.3. The first-order chi connectivity index (χ1) is 12.2. The Bertz CT molecular complexity index is 759. The summed E-state index contributed by atoms with van der Waals surface area (Å²) in [6, 6.07) is 14.9. The summed E-state index contributed by atoms with van der Waals surface area (Å²) in [4.78, 5) is 26.0. The van der Waals surface area contributed by atoms with E-state index < -0.39 is 0 Å². The number of nitrogens with zero attached hydrogens (tertiary/aromatic N) is 1. The molecule has 1 aliphatic heterocycles. The van der Waals surface area contributed by atoms with Crippen LogP contribution in [0.4, 0.5) is 11.4 Å². The number of benzene rings is 2. The molecule has 0 saturated carbocycles. The molecule has 130 valence electrons. The number of aryl methyl sites for hydroxylation is 1. The van der Waals surface area contributed by atoms with E-state index in [0.717, 1.165) is 36.3 Å². The number of carbonyl (C=O) groups is 2. The van der Waals surface area contributed by atoms with Gasteiger partial charge in [-0.15, -0.1) is 0 Å². The third-order valence-electron chi connectivity index (χ3n) is 4.20. The molecule has 3 rings (SSSR count). The fourth-order valence-electron chi connectivity index (χ4n) is 2.99. The Kier molecular flexibility index (Phi) is 5.33. The summed E-state index contributed by atoms with van der Waals surface area (Å²) in [5.74, 6) is 0.590. The van der Waals surface area contributed by atoms with Crippen molar-refractivity contribution in [3.05, 3.63) is 54.1 Å². The fraction of sp³-hybridized carbons (Fsp3) is 0.300. The Morgan fingerprint density at radius 2 is 1.96 bits per heavy atom. The molecule has 0 saturated heterocycles. The highest BCUT2D eigenvalue weighted by Gasteiger charge is 2.21. The summed E-state index contributed by atoms with van der Waals surface area (Å²) in [6.07, 6.45) is 2.34. The molecular formula is C20H22N2O3. The van der Waals surface area contributed by atoms with Crippen LogP contribution in [0, 0.1) is 0 Å². The minimum Gasteiger partial charge on any atom is -0.484 e. The van der Waals surface area contributed by atoms with E-state index in [4.69, 9.17) is 4.74 Å². The maximum absolute atomic E-state index is 12.1. The molecule has 0 bridgehead atoms. The van der Waals surface area contributed by atoms with Crippen LogP contribution in [0.3, 0.4) is 0 Å². The SMILES string of the molecule is CCC(=O)N1CCCc2cc(NC(=O)COc3ccccc3)ccc21. The summed E-state index contributed by atoms with van der Waals surface area (Å²) < 4.78 is 5.45. The lowest BCUT2D eigenvalue weighted by atomic mass is 10.0. The third-order valence-corrected chi connectivity index (χ3v) is 4.20. The first kappa shape index (κ1) is 17.0. The first-order valence-electron chi connectivity index (χ1n) is 8.58. The van der Waals surface area contributed by atoms with Crippen LogP contribution < -0.4 is 15.0 Å². The number of amides is 2. The van der Waals surface area contributed by atoms with Gasteiger partial charge in [0.15, 0.2) is 6.61 Å². The summed E-state index contributed by atoms with van der Waals surface area (Å²) in [5.41, 5.74) is 2.78. The molecule has 1 N–H and O–H groups in total. The second kappa shape index (κ2) is 7.83. The molecule has 0 atom stereocenters. The highest BCUT2D eigenvalue weighted by Crippen LogP contribution is 2.30. The van der Waals surface area contributed by atoms with E-state index in [9.17, 15) is 9.59 Å². The van der Waals surface area contributed by atoms with Crippen LogP contribution in [0.15, 0.2) is 48.5 Å². The summed E-state index contributed by atoms with van der Waals surface area (Å²) in [5, 5.41) is 2.85. The Morgan fingerprint density at radius 1 is 1.16 bits per heavy atom. The van der Waals surface area contributed by atoms with Crippen LogP contribution in [0.25, 0.3) is 0 Å². The molecule has 0 unspecified atom stereocenters. The van der Waals surface area contributed by atoms with Gasteiger partial charge in [-0.05, 0) is 48.7 Å². The lowest BCUT2D eigenvalue weighted by Crippen LogP contribution is -2.34. The maximum atomic E-state index is 12.1. The van der Waals surface area contributed by atoms with Crippen molar-refractivity contribution in [1.29, 1.82) is 0 Å². The van der Waals surface area contributed by atoms with E-state index in [2.05, 4.69) is 5.32 Å². The van der Waals surface area contributed by atoms with E-state index in [1.807, 2.05) is 60.4 Å². The molecule has 0 aromatic heterocycles. The van der Waals surface area contributed by atoms with Crippen LogP contribution >= 0.6 is 0 Å². The molecule has 0 radical (unpaired) electrons. The predicted molar refractivity (Wildman–Crippen MR) is 98.0 cm³/mol. The molecule has 0 spiro atoms. The molecule has 1 heterocycles. The number of hydrogen-bond acceptors (Lipinski definition) is 3. The van der Waals surface area contributed by atoms with Gasteiger partial charge in [-0.25, -0.2) is 0 Å². The molecule has 25 heavy (non-hydrogen) atoms. The van der Waals surface area contributed by atoms with Crippen molar-refractivity contribution in [1.82, 2.24) is 0 Å². The van der Waals surface area contributed by atoms with Gasteiger partial charge in [0, 0.05) is 24.3 Å². The zero-order valence-electron chi connectivity index (χ0n) is 14.3. The van der Waals surface area contributed by atoms with Crippen LogP contribution in [0.2, 0.25) is 0 Å². The second-order valence-corrected chi connectivity index (χ2v) is 6.00. The molecule has 2 aromatic carbocycles. The number of nitrogens with one attached hydrogen (secondary N) is 1. The molecule has 5 nitrogen and oxygen atoms in total. The van der Waals surface area contributed by atoms with Gasteiger partial charge in [-0.1, -0.05) is 25.1 Å². The van der Waals surface area contributed by atoms with E-state index >= 15 is 0 Å². The maximum Gasteiger partial charge on any atom is 0.262 e. The highest BCUT2D eigenvalue weighted by molar-refractivity contribution is 5.96. The number of hydrogen-bond donors (Lipinski definition) is 1. The lowest BCUT2D eigenvalue weighted by Gasteiger charge is -2.29. The van der Waals surface area contributed by atoms with Crippen molar-refractivity contribution >= 4 is 23.2 Å². The van der Waals surface area contributed by atoms with Crippen molar-refractivity contribution in [2.45, 2.75) is 26.2 Å². The monoisotopic (exact) mass is 338 g/mol.